The van der Waals surface area contributed by atoms with Gasteiger partial charge in [0.15, 0.2) is 0 Å². The SMILES string of the molecule is CC(C)CC(CCO)CNC(=O)C1CCNC1. The molecule has 1 aliphatic heterocycles. The van der Waals surface area contributed by atoms with E-state index in [1.165, 1.54) is 0 Å². The third kappa shape index (κ3) is 5.50. The normalized spacial score (nSPS) is 21.8. The van der Waals surface area contributed by atoms with Crippen molar-refractivity contribution in [2.45, 2.75) is 33.1 Å². The maximum absolute atomic E-state index is 11.8. The zero-order chi connectivity index (χ0) is 12.7. The molecule has 1 amide bonds. The first-order chi connectivity index (χ1) is 8.13. The molecule has 0 saturated carbocycles. The number of aliphatic hydroxyl groups is 1. The van der Waals surface area contributed by atoms with Crippen molar-refractivity contribution in [2.24, 2.45) is 17.8 Å². The van der Waals surface area contributed by atoms with E-state index in [9.17, 15) is 4.79 Å². The minimum absolute atomic E-state index is 0.142. The smallest absolute Gasteiger partial charge is 0.224 e. The monoisotopic (exact) mass is 242 g/mol. The maximum Gasteiger partial charge on any atom is 0.224 e. The Morgan fingerprint density at radius 2 is 2.29 bits per heavy atom. The van der Waals surface area contributed by atoms with Gasteiger partial charge in [-0.15, -0.1) is 0 Å². The lowest BCUT2D eigenvalue weighted by molar-refractivity contribution is -0.124. The van der Waals surface area contributed by atoms with Gasteiger partial charge in [-0.2, -0.15) is 0 Å². The lowest BCUT2D eigenvalue weighted by Crippen LogP contribution is -2.35. The van der Waals surface area contributed by atoms with Gasteiger partial charge in [-0.05, 0) is 37.6 Å². The van der Waals surface area contributed by atoms with Gasteiger partial charge >= 0.3 is 0 Å². The van der Waals surface area contributed by atoms with E-state index in [-0.39, 0.29) is 18.4 Å². The Kier molecular flexibility index (Phi) is 6.52. The first-order valence-electron chi connectivity index (χ1n) is 6.72. The van der Waals surface area contributed by atoms with E-state index >= 15 is 0 Å². The average molecular weight is 242 g/mol. The van der Waals surface area contributed by atoms with E-state index in [1.807, 2.05) is 0 Å². The number of nitrogens with one attached hydrogen (secondary N) is 2. The number of rotatable bonds is 7. The first kappa shape index (κ1) is 14.5. The summed E-state index contributed by atoms with van der Waals surface area (Å²) in [6.07, 6.45) is 2.78. The van der Waals surface area contributed by atoms with Crippen LogP contribution in [0.2, 0.25) is 0 Å². The number of aliphatic hydroxyl groups excluding tert-OH is 1. The zero-order valence-electron chi connectivity index (χ0n) is 11.0. The van der Waals surface area contributed by atoms with Crippen molar-refractivity contribution in [2.75, 3.05) is 26.2 Å². The van der Waals surface area contributed by atoms with E-state index in [4.69, 9.17) is 5.11 Å². The summed E-state index contributed by atoms with van der Waals surface area (Å²) >= 11 is 0. The van der Waals surface area contributed by atoms with Crippen LogP contribution in [-0.2, 0) is 4.79 Å². The van der Waals surface area contributed by atoms with Gasteiger partial charge in [0.1, 0.15) is 0 Å². The highest BCUT2D eigenvalue weighted by atomic mass is 16.3. The molecular formula is C13H26N2O2. The van der Waals surface area contributed by atoms with Gasteiger partial charge in [0.25, 0.3) is 0 Å². The average Bonchev–Trinajstić information content (AvgIpc) is 2.78. The summed E-state index contributed by atoms with van der Waals surface area (Å²) in [5, 5.41) is 15.2. The van der Waals surface area contributed by atoms with E-state index in [1.54, 1.807) is 0 Å². The van der Waals surface area contributed by atoms with Crippen LogP contribution >= 0.6 is 0 Å². The second-order valence-corrected chi connectivity index (χ2v) is 5.44. The highest BCUT2D eigenvalue weighted by molar-refractivity contribution is 5.79. The van der Waals surface area contributed by atoms with Gasteiger partial charge in [0.05, 0.1) is 5.92 Å². The molecule has 0 bridgehead atoms. The molecule has 0 spiro atoms. The lowest BCUT2D eigenvalue weighted by Gasteiger charge is -2.19. The number of carbonyl (C=O) groups is 1. The van der Waals surface area contributed by atoms with Crippen molar-refractivity contribution >= 4 is 5.91 Å². The van der Waals surface area contributed by atoms with E-state index < -0.39 is 0 Å². The van der Waals surface area contributed by atoms with Crippen LogP contribution in [0.15, 0.2) is 0 Å². The molecule has 1 aliphatic rings. The second kappa shape index (κ2) is 7.67. The van der Waals surface area contributed by atoms with Crippen LogP contribution < -0.4 is 10.6 Å². The Hall–Kier alpha value is -0.610. The molecule has 2 unspecified atom stereocenters. The molecule has 2 atom stereocenters. The van der Waals surface area contributed by atoms with Crippen molar-refractivity contribution in [3.8, 4) is 0 Å². The van der Waals surface area contributed by atoms with Gasteiger partial charge in [0, 0.05) is 19.7 Å². The third-order valence-corrected chi connectivity index (χ3v) is 3.34. The molecule has 1 rings (SSSR count). The minimum Gasteiger partial charge on any atom is -0.396 e. The van der Waals surface area contributed by atoms with Crippen LogP contribution in [0, 0.1) is 17.8 Å². The Bertz CT molecular complexity index is 225. The first-order valence-corrected chi connectivity index (χ1v) is 6.72. The highest BCUT2D eigenvalue weighted by Crippen LogP contribution is 2.15. The number of amides is 1. The summed E-state index contributed by atoms with van der Waals surface area (Å²) in [5.41, 5.74) is 0. The molecule has 100 valence electrons. The van der Waals surface area contributed by atoms with Gasteiger partial charge < -0.3 is 15.7 Å². The summed E-state index contributed by atoms with van der Waals surface area (Å²) in [7, 11) is 0. The summed E-state index contributed by atoms with van der Waals surface area (Å²) in [4.78, 5) is 11.8. The Morgan fingerprint density at radius 3 is 2.82 bits per heavy atom. The standard InChI is InChI=1S/C13H26N2O2/c1-10(2)7-11(4-6-16)8-15-13(17)12-3-5-14-9-12/h10-12,14,16H,3-9H2,1-2H3,(H,15,17). The van der Waals surface area contributed by atoms with Crippen molar-refractivity contribution in [3.05, 3.63) is 0 Å². The summed E-state index contributed by atoms with van der Waals surface area (Å²) in [6.45, 7) is 7.01. The van der Waals surface area contributed by atoms with Crippen molar-refractivity contribution in [1.82, 2.24) is 10.6 Å². The lowest BCUT2D eigenvalue weighted by atomic mass is 9.94. The molecule has 4 heteroatoms. The molecule has 0 aromatic carbocycles. The molecule has 17 heavy (non-hydrogen) atoms. The van der Waals surface area contributed by atoms with Crippen molar-refractivity contribution in [1.29, 1.82) is 0 Å². The summed E-state index contributed by atoms with van der Waals surface area (Å²) < 4.78 is 0. The highest BCUT2D eigenvalue weighted by Gasteiger charge is 2.22. The third-order valence-electron chi connectivity index (χ3n) is 3.34. The molecule has 1 saturated heterocycles. The van der Waals surface area contributed by atoms with Gasteiger partial charge in [-0.3, -0.25) is 4.79 Å². The largest absolute Gasteiger partial charge is 0.396 e. The molecule has 0 aromatic rings. The van der Waals surface area contributed by atoms with Crippen LogP contribution in [0.1, 0.15) is 33.1 Å². The molecule has 3 N–H and O–H groups in total. The van der Waals surface area contributed by atoms with E-state index in [0.717, 1.165) is 32.4 Å². The van der Waals surface area contributed by atoms with Crippen LogP contribution in [0.4, 0.5) is 0 Å². The Labute approximate surface area is 104 Å². The van der Waals surface area contributed by atoms with Gasteiger partial charge in [-0.25, -0.2) is 0 Å². The van der Waals surface area contributed by atoms with Crippen molar-refractivity contribution in [3.63, 3.8) is 0 Å². The Balaban J connectivity index is 2.26. The van der Waals surface area contributed by atoms with E-state index in [0.29, 0.717) is 18.4 Å². The van der Waals surface area contributed by atoms with Crippen LogP contribution in [0.3, 0.4) is 0 Å². The predicted octanol–water partition coefficient (Wildman–Crippen LogP) is 0.757. The van der Waals surface area contributed by atoms with Gasteiger partial charge in [-0.1, -0.05) is 13.8 Å². The number of carbonyl (C=O) groups excluding carboxylic acids is 1. The number of hydrogen-bond acceptors (Lipinski definition) is 3. The number of hydrogen-bond donors (Lipinski definition) is 3. The minimum atomic E-state index is 0.142. The fourth-order valence-corrected chi connectivity index (χ4v) is 2.42. The summed E-state index contributed by atoms with van der Waals surface area (Å²) in [5.74, 6) is 1.32. The summed E-state index contributed by atoms with van der Waals surface area (Å²) in [6, 6.07) is 0. The van der Waals surface area contributed by atoms with Crippen LogP contribution in [0.5, 0.6) is 0 Å². The molecule has 0 aromatic heterocycles. The maximum atomic E-state index is 11.8. The van der Waals surface area contributed by atoms with E-state index in [2.05, 4.69) is 24.5 Å². The Morgan fingerprint density at radius 1 is 1.53 bits per heavy atom. The zero-order valence-corrected chi connectivity index (χ0v) is 11.0. The molecule has 0 radical (unpaired) electrons. The second-order valence-electron chi connectivity index (χ2n) is 5.44. The fourth-order valence-electron chi connectivity index (χ4n) is 2.42. The van der Waals surface area contributed by atoms with Crippen molar-refractivity contribution < 1.29 is 9.90 Å². The molecule has 0 aliphatic carbocycles. The van der Waals surface area contributed by atoms with Crippen LogP contribution in [-0.4, -0.2) is 37.3 Å². The molecule has 1 heterocycles. The molecular weight excluding hydrogens is 216 g/mol. The quantitative estimate of drug-likeness (QED) is 0.617. The van der Waals surface area contributed by atoms with Gasteiger partial charge in [0.2, 0.25) is 5.91 Å². The van der Waals surface area contributed by atoms with Crippen LogP contribution in [0.25, 0.3) is 0 Å². The molecule has 4 nitrogen and oxygen atoms in total. The topological polar surface area (TPSA) is 61.4 Å². The predicted molar refractivity (Wildman–Crippen MR) is 68.6 cm³/mol. The fraction of sp³-hybridized carbons (Fsp3) is 0.923. The molecule has 1 fully saturated rings.